The molecule has 100 valence electrons. The fraction of sp³-hybridized carbons (Fsp3) is 0.455. The summed E-state index contributed by atoms with van der Waals surface area (Å²) in [4.78, 5) is -0.204. The Bertz CT molecular complexity index is 528. The van der Waals surface area contributed by atoms with Crippen molar-refractivity contribution < 1.29 is 12.8 Å². The van der Waals surface area contributed by atoms with Crippen LogP contribution in [-0.4, -0.2) is 26.0 Å². The van der Waals surface area contributed by atoms with Crippen LogP contribution in [0.15, 0.2) is 23.1 Å². The van der Waals surface area contributed by atoms with Crippen LogP contribution in [0.4, 0.5) is 10.1 Å². The van der Waals surface area contributed by atoms with Crippen molar-refractivity contribution in [3.05, 3.63) is 24.0 Å². The third kappa shape index (κ3) is 3.37. The summed E-state index contributed by atoms with van der Waals surface area (Å²) in [5.41, 5.74) is 0.333. The van der Waals surface area contributed by atoms with Crippen molar-refractivity contribution in [3.8, 4) is 0 Å². The molecule has 0 radical (unpaired) electrons. The van der Waals surface area contributed by atoms with Gasteiger partial charge < -0.3 is 5.32 Å². The number of rotatable bonds is 3. The van der Waals surface area contributed by atoms with Gasteiger partial charge in [0.25, 0.3) is 0 Å². The summed E-state index contributed by atoms with van der Waals surface area (Å²) >= 11 is 1.89. The van der Waals surface area contributed by atoms with Gasteiger partial charge in [0, 0.05) is 6.04 Å². The molecule has 0 atom stereocenters. The molecule has 7 heteroatoms. The van der Waals surface area contributed by atoms with Crippen LogP contribution in [0.1, 0.15) is 12.8 Å². The number of hydrogen-bond acceptors (Lipinski definition) is 4. The second-order valence-corrected chi connectivity index (χ2v) is 7.00. The molecule has 0 saturated carbocycles. The minimum absolute atomic E-state index is 0.204. The van der Waals surface area contributed by atoms with Gasteiger partial charge in [-0.05, 0) is 42.5 Å². The predicted octanol–water partition coefficient (Wildman–Crippen LogP) is 1.78. The molecule has 3 N–H and O–H groups in total. The smallest absolute Gasteiger partial charge is 0.238 e. The maximum atomic E-state index is 13.7. The first-order valence-electron chi connectivity index (χ1n) is 5.63. The SMILES string of the molecule is NS(=O)(=O)c1ccc(NC2CCSCC2)c(F)c1. The summed E-state index contributed by atoms with van der Waals surface area (Å²) in [6, 6.07) is 3.95. The highest BCUT2D eigenvalue weighted by Crippen LogP contribution is 2.24. The number of nitrogens with one attached hydrogen (secondary N) is 1. The molecule has 0 amide bonds. The Morgan fingerprint density at radius 1 is 1.33 bits per heavy atom. The average Bonchev–Trinajstić information content (AvgIpc) is 2.32. The van der Waals surface area contributed by atoms with E-state index in [2.05, 4.69) is 5.32 Å². The van der Waals surface area contributed by atoms with Gasteiger partial charge in [0.1, 0.15) is 5.82 Å². The van der Waals surface area contributed by atoms with Crippen LogP contribution < -0.4 is 10.5 Å². The van der Waals surface area contributed by atoms with Crippen molar-refractivity contribution in [2.24, 2.45) is 5.14 Å². The van der Waals surface area contributed by atoms with Crippen LogP contribution in [0.2, 0.25) is 0 Å². The average molecular weight is 290 g/mol. The second kappa shape index (κ2) is 5.46. The minimum Gasteiger partial charge on any atom is -0.380 e. The number of hydrogen-bond donors (Lipinski definition) is 2. The minimum atomic E-state index is -3.85. The summed E-state index contributed by atoms with van der Waals surface area (Å²) in [6.07, 6.45) is 1.97. The van der Waals surface area contributed by atoms with Gasteiger partial charge in [-0.2, -0.15) is 11.8 Å². The molecular weight excluding hydrogens is 275 g/mol. The van der Waals surface area contributed by atoms with Gasteiger partial charge in [-0.3, -0.25) is 0 Å². The molecule has 0 aromatic heterocycles. The Morgan fingerprint density at radius 3 is 2.56 bits per heavy atom. The normalized spacial score (nSPS) is 17.7. The highest BCUT2D eigenvalue weighted by atomic mass is 32.2. The molecule has 0 bridgehead atoms. The molecule has 0 spiro atoms. The Labute approximate surface area is 110 Å². The standard InChI is InChI=1S/C11H15FN2O2S2/c12-10-7-9(18(13,15)16)1-2-11(10)14-8-3-5-17-6-4-8/h1-2,7-8,14H,3-6H2,(H2,13,15,16). The molecule has 0 unspecified atom stereocenters. The van der Waals surface area contributed by atoms with Gasteiger partial charge in [0.15, 0.2) is 0 Å². The van der Waals surface area contributed by atoms with E-state index in [1.807, 2.05) is 11.8 Å². The topological polar surface area (TPSA) is 72.2 Å². The number of sulfonamides is 1. The first kappa shape index (κ1) is 13.6. The molecule has 1 saturated heterocycles. The van der Waals surface area contributed by atoms with Gasteiger partial charge in [0.2, 0.25) is 10.0 Å². The highest BCUT2D eigenvalue weighted by Gasteiger charge is 2.16. The monoisotopic (exact) mass is 290 g/mol. The number of anilines is 1. The van der Waals surface area contributed by atoms with E-state index in [-0.39, 0.29) is 10.9 Å². The molecule has 1 heterocycles. The first-order chi connectivity index (χ1) is 8.47. The van der Waals surface area contributed by atoms with Gasteiger partial charge in [0.05, 0.1) is 10.6 Å². The molecule has 1 aliphatic heterocycles. The zero-order chi connectivity index (χ0) is 13.2. The molecule has 4 nitrogen and oxygen atoms in total. The number of halogens is 1. The quantitative estimate of drug-likeness (QED) is 0.890. The molecule has 1 fully saturated rings. The molecule has 1 aromatic carbocycles. The Kier molecular flexibility index (Phi) is 4.14. The highest BCUT2D eigenvalue weighted by molar-refractivity contribution is 7.99. The lowest BCUT2D eigenvalue weighted by atomic mass is 10.1. The van der Waals surface area contributed by atoms with Crippen molar-refractivity contribution in [1.29, 1.82) is 0 Å². The molecular formula is C11H15FN2O2S2. The third-order valence-electron chi connectivity index (χ3n) is 2.85. The van der Waals surface area contributed by atoms with E-state index in [4.69, 9.17) is 5.14 Å². The van der Waals surface area contributed by atoms with Crippen LogP contribution in [0.25, 0.3) is 0 Å². The van der Waals surface area contributed by atoms with Crippen molar-refractivity contribution in [2.75, 3.05) is 16.8 Å². The lowest BCUT2D eigenvalue weighted by Crippen LogP contribution is -2.25. The summed E-state index contributed by atoms with van der Waals surface area (Å²) in [5.74, 6) is 1.54. The van der Waals surface area contributed by atoms with Gasteiger partial charge in [-0.1, -0.05) is 0 Å². The number of primary sulfonamides is 1. The Morgan fingerprint density at radius 2 is 2.00 bits per heavy atom. The lowest BCUT2D eigenvalue weighted by molar-refractivity contribution is 0.591. The van der Waals surface area contributed by atoms with Crippen molar-refractivity contribution in [1.82, 2.24) is 0 Å². The summed E-state index contributed by atoms with van der Waals surface area (Å²) in [6.45, 7) is 0. The van der Waals surface area contributed by atoms with Crippen LogP contribution in [0, 0.1) is 5.82 Å². The van der Waals surface area contributed by atoms with Crippen LogP contribution >= 0.6 is 11.8 Å². The van der Waals surface area contributed by atoms with Crippen LogP contribution in [0.3, 0.4) is 0 Å². The van der Waals surface area contributed by atoms with Crippen molar-refractivity contribution in [3.63, 3.8) is 0 Å². The fourth-order valence-electron chi connectivity index (χ4n) is 1.85. The predicted molar refractivity (Wildman–Crippen MR) is 71.7 cm³/mol. The Balaban J connectivity index is 2.14. The molecule has 1 aromatic rings. The maximum absolute atomic E-state index is 13.7. The van der Waals surface area contributed by atoms with E-state index in [1.165, 1.54) is 12.1 Å². The van der Waals surface area contributed by atoms with Gasteiger partial charge in [-0.15, -0.1) is 0 Å². The first-order valence-corrected chi connectivity index (χ1v) is 8.33. The molecule has 1 aliphatic rings. The number of nitrogens with two attached hydrogens (primary N) is 1. The largest absolute Gasteiger partial charge is 0.380 e. The fourth-order valence-corrected chi connectivity index (χ4v) is 3.48. The van der Waals surface area contributed by atoms with Crippen LogP contribution in [0.5, 0.6) is 0 Å². The van der Waals surface area contributed by atoms with E-state index < -0.39 is 15.8 Å². The van der Waals surface area contributed by atoms with Gasteiger partial charge >= 0.3 is 0 Å². The van der Waals surface area contributed by atoms with E-state index in [9.17, 15) is 12.8 Å². The van der Waals surface area contributed by atoms with Crippen molar-refractivity contribution in [2.45, 2.75) is 23.8 Å². The Hall–Kier alpha value is -0.790. The van der Waals surface area contributed by atoms with E-state index in [1.54, 1.807) is 0 Å². The van der Waals surface area contributed by atoms with E-state index in [0.717, 1.165) is 30.4 Å². The zero-order valence-electron chi connectivity index (χ0n) is 9.73. The molecule has 18 heavy (non-hydrogen) atoms. The molecule has 0 aliphatic carbocycles. The van der Waals surface area contributed by atoms with Crippen molar-refractivity contribution >= 4 is 27.5 Å². The molecule has 2 rings (SSSR count). The van der Waals surface area contributed by atoms with Crippen LogP contribution in [-0.2, 0) is 10.0 Å². The number of thioether (sulfide) groups is 1. The number of benzene rings is 1. The lowest BCUT2D eigenvalue weighted by Gasteiger charge is -2.23. The van der Waals surface area contributed by atoms with E-state index >= 15 is 0 Å². The van der Waals surface area contributed by atoms with Gasteiger partial charge in [-0.25, -0.2) is 17.9 Å². The summed E-state index contributed by atoms with van der Waals surface area (Å²) < 4.78 is 35.9. The third-order valence-corrected chi connectivity index (χ3v) is 4.81. The second-order valence-electron chi connectivity index (χ2n) is 4.22. The zero-order valence-corrected chi connectivity index (χ0v) is 11.4. The summed E-state index contributed by atoms with van der Waals surface area (Å²) in [5, 5.41) is 8.05. The maximum Gasteiger partial charge on any atom is 0.238 e. The summed E-state index contributed by atoms with van der Waals surface area (Å²) in [7, 11) is -3.85. The van der Waals surface area contributed by atoms with E-state index in [0.29, 0.717) is 5.69 Å².